The van der Waals surface area contributed by atoms with E-state index in [1.807, 2.05) is 9.80 Å². The predicted molar refractivity (Wildman–Crippen MR) is 93.7 cm³/mol. The number of amides is 2. The van der Waals surface area contributed by atoms with Gasteiger partial charge >= 0.3 is 0 Å². The summed E-state index contributed by atoms with van der Waals surface area (Å²) in [5.74, 6) is 1.22. The Balaban J connectivity index is 1.40. The summed E-state index contributed by atoms with van der Waals surface area (Å²) in [5, 5.41) is 0. The third kappa shape index (κ3) is 4.09. The number of nitrogens with zero attached hydrogens (tertiary/aromatic N) is 4. The number of likely N-dealkylation sites (tertiary alicyclic amines) is 2. The van der Waals surface area contributed by atoms with Crippen molar-refractivity contribution in [2.45, 2.75) is 39.2 Å². The van der Waals surface area contributed by atoms with E-state index in [9.17, 15) is 9.59 Å². The number of carbonyl (C=O) groups excluding carboxylic acids is 2. The fourth-order valence-electron chi connectivity index (χ4n) is 4.50. The molecular weight excluding hydrogens is 304 g/mol. The molecule has 0 bridgehead atoms. The van der Waals surface area contributed by atoms with Crippen LogP contribution in [-0.4, -0.2) is 96.4 Å². The van der Waals surface area contributed by atoms with Crippen LogP contribution in [0.2, 0.25) is 0 Å². The smallest absolute Gasteiger partial charge is 0.222 e. The summed E-state index contributed by atoms with van der Waals surface area (Å²) in [5.41, 5.74) is 0. The first kappa shape index (κ1) is 17.7. The first-order valence-corrected chi connectivity index (χ1v) is 9.54. The molecule has 0 spiro atoms. The summed E-state index contributed by atoms with van der Waals surface area (Å²) < 4.78 is 0. The fourth-order valence-corrected chi connectivity index (χ4v) is 4.50. The third-order valence-corrected chi connectivity index (χ3v) is 5.95. The number of rotatable bonds is 5. The summed E-state index contributed by atoms with van der Waals surface area (Å²) in [6, 6.07) is 0.618. The second-order valence-corrected chi connectivity index (χ2v) is 7.68. The van der Waals surface area contributed by atoms with Crippen LogP contribution in [0, 0.1) is 5.92 Å². The Kier molecular flexibility index (Phi) is 5.76. The van der Waals surface area contributed by atoms with Crippen molar-refractivity contribution in [2.24, 2.45) is 5.92 Å². The molecule has 2 atom stereocenters. The number of carbonyl (C=O) groups is 2. The highest BCUT2D eigenvalue weighted by molar-refractivity contribution is 5.78. The Hall–Kier alpha value is -1.14. The molecule has 3 heterocycles. The molecule has 0 aromatic carbocycles. The Labute approximate surface area is 145 Å². The van der Waals surface area contributed by atoms with Gasteiger partial charge in [0.15, 0.2) is 0 Å². The summed E-state index contributed by atoms with van der Waals surface area (Å²) in [7, 11) is 0. The van der Waals surface area contributed by atoms with E-state index in [-0.39, 0.29) is 5.91 Å². The summed E-state index contributed by atoms with van der Waals surface area (Å²) >= 11 is 0. The van der Waals surface area contributed by atoms with Gasteiger partial charge in [0.05, 0.1) is 0 Å². The molecule has 0 aromatic rings. The molecular formula is C18H32N4O2. The zero-order valence-electron chi connectivity index (χ0n) is 15.2. The van der Waals surface area contributed by atoms with Crippen molar-refractivity contribution >= 4 is 11.8 Å². The molecule has 0 aromatic heterocycles. The van der Waals surface area contributed by atoms with E-state index in [1.165, 1.54) is 0 Å². The van der Waals surface area contributed by atoms with Crippen molar-refractivity contribution < 1.29 is 9.59 Å². The van der Waals surface area contributed by atoms with Crippen LogP contribution in [0.25, 0.3) is 0 Å². The predicted octanol–water partition coefficient (Wildman–Crippen LogP) is 0.483. The van der Waals surface area contributed by atoms with Gasteiger partial charge in [0.1, 0.15) is 0 Å². The van der Waals surface area contributed by atoms with E-state index in [0.29, 0.717) is 17.9 Å². The van der Waals surface area contributed by atoms with Crippen molar-refractivity contribution in [3.63, 3.8) is 0 Å². The molecule has 3 saturated heterocycles. The first-order valence-electron chi connectivity index (χ1n) is 9.54. The van der Waals surface area contributed by atoms with E-state index in [0.717, 1.165) is 78.2 Å². The number of hydrogen-bond acceptors (Lipinski definition) is 4. The van der Waals surface area contributed by atoms with Crippen molar-refractivity contribution in [2.75, 3.05) is 58.9 Å². The molecule has 3 aliphatic heterocycles. The average Bonchev–Trinajstić information content (AvgIpc) is 3.13. The quantitative estimate of drug-likeness (QED) is 0.733. The second kappa shape index (κ2) is 7.83. The molecule has 0 aliphatic carbocycles. The Morgan fingerprint density at radius 2 is 1.83 bits per heavy atom. The number of piperazine rings is 1. The van der Waals surface area contributed by atoms with Crippen LogP contribution in [0.3, 0.4) is 0 Å². The highest BCUT2D eigenvalue weighted by atomic mass is 16.2. The van der Waals surface area contributed by atoms with Gasteiger partial charge in [-0.15, -0.1) is 0 Å². The van der Waals surface area contributed by atoms with Crippen LogP contribution in [0.5, 0.6) is 0 Å². The lowest BCUT2D eigenvalue weighted by Crippen LogP contribution is -2.53. The topological polar surface area (TPSA) is 47.1 Å². The minimum Gasteiger partial charge on any atom is -0.343 e. The van der Waals surface area contributed by atoms with Gasteiger partial charge in [-0.05, 0) is 25.3 Å². The Morgan fingerprint density at radius 1 is 1.08 bits per heavy atom. The van der Waals surface area contributed by atoms with Gasteiger partial charge < -0.3 is 14.7 Å². The van der Waals surface area contributed by atoms with Crippen molar-refractivity contribution in [1.82, 2.24) is 19.6 Å². The van der Waals surface area contributed by atoms with E-state index in [4.69, 9.17) is 0 Å². The van der Waals surface area contributed by atoms with Gasteiger partial charge in [-0.3, -0.25) is 14.5 Å². The molecule has 24 heavy (non-hydrogen) atoms. The lowest BCUT2D eigenvalue weighted by Gasteiger charge is -2.39. The minimum atomic E-state index is 0.201. The maximum atomic E-state index is 11.7. The minimum absolute atomic E-state index is 0.201. The van der Waals surface area contributed by atoms with Gasteiger partial charge in [-0.1, -0.05) is 6.92 Å². The molecule has 3 aliphatic rings. The van der Waals surface area contributed by atoms with Crippen molar-refractivity contribution in [1.29, 1.82) is 0 Å². The van der Waals surface area contributed by atoms with E-state index in [1.54, 1.807) is 6.92 Å². The maximum Gasteiger partial charge on any atom is 0.222 e. The van der Waals surface area contributed by atoms with Gasteiger partial charge in [0.2, 0.25) is 11.8 Å². The second-order valence-electron chi connectivity index (χ2n) is 7.68. The summed E-state index contributed by atoms with van der Waals surface area (Å²) in [6.07, 6.45) is 2.87. The zero-order valence-corrected chi connectivity index (χ0v) is 15.2. The molecule has 0 radical (unpaired) electrons. The van der Waals surface area contributed by atoms with Crippen LogP contribution in [0.1, 0.15) is 33.1 Å². The molecule has 0 saturated carbocycles. The summed E-state index contributed by atoms with van der Waals surface area (Å²) in [6.45, 7) is 13.0. The molecule has 3 fully saturated rings. The van der Waals surface area contributed by atoms with E-state index < -0.39 is 0 Å². The third-order valence-electron chi connectivity index (χ3n) is 5.95. The largest absolute Gasteiger partial charge is 0.343 e. The van der Waals surface area contributed by atoms with Crippen LogP contribution in [0.15, 0.2) is 0 Å². The molecule has 6 nitrogen and oxygen atoms in total. The van der Waals surface area contributed by atoms with Crippen LogP contribution < -0.4 is 0 Å². The maximum absolute atomic E-state index is 11.7. The van der Waals surface area contributed by atoms with E-state index >= 15 is 0 Å². The zero-order chi connectivity index (χ0) is 17.1. The molecule has 2 amide bonds. The SMILES string of the molecule is CC(=O)N1CCN([C@@H]2CN(CCCN3CCCC3=O)C[C@@H]2C)CC1. The summed E-state index contributed by atoms with van der Waals surface area (Å²) in [4.78, 5) is 32.3. The van der Waals surface area contributed by atoms with Crippen LogP contribution in [0.4, 0.5) is 0 Å². The molecule has 0 unspecified atom stereocenters. The van der Waals surface area contributed by atoms with Gasteiger partial charge in [0, 0.05) is 71.7 Å². The molecule has 6 heteroatoms. The normalized spacial score (nSPS) is 29.7. The van der Waals surface area contributed by atoms with Gasteiger partial charge in [-0.2, -0.15) is 0 Å². The van der Waals surface area contributed by atoms with Gasteiger partial charge in [-0.25, -0.2) is 0 Å². The molecule has 3 rings (SSSR count). The first-order chi connectivity index (χ1) is 11.5. The highest BCUT2D eigenvalue weighted by Gasteiger charge is 2.35. The van der Waals surface area contributed by atoms with Crippen LogP contribution >= 0.6 is 0 Å². The van der Waals surface area contributed by atoms with Crippen LogP contribution in [-0.2, 0) is 9.59 Å². The lowest BCUT2D eigenvalue weighted by atomic mass is 10.0. The Morgan fingerprint density at radius 3 is 2.46 bits per heavy atom. The van der Waals surface area contributed by atoms with Gasteiger partial charge in [0.25, 0.3) is 0 Å². The monoisotopic (exact) mass is 336 g/mol. The fraction of sp³-hybridized carbons (Fsp3) is 0.889. The lowest BCUT2D eigenvalue weighted by molar-refractivity contribution is -0.131. The Bertz CT molecular complexity index is 462. The number of hydrogen-bond donors (Lipinski definition) is 0. The standard InChI is InChI=1S/C18H32N4O2/c1-15-13-19(6-4-8-22-7-3-5-18(22)24)14-17(15)21-11-9-20(10-12-21)16(2)23/h15,17H,3-14H2,1-2H3/t15-,17+/m0/s1. The average molecular weight is 336 g/mol. The molecule has 0 N–H and O–H groups in total. The highest BCUT2D eigenvalue weighted by Crippen LogP contribution is 2.23. The molecule has 136 valence electrons. The van der Waals surface area contributed by atoms with E-state index in [2.05, 4.69) is 16.7 Å². The van der Waals surface area contributed by atoms with Crippen molar-refractivity contribution in [3.05, 3.63) is 0 Å². The van der Waals surface area contributed by atoms with Crippen molar-refractivity contribution in [3.8, 4) is 0 Å².